The lowest BCUT2D eigenvalue weighted by Gasteiger charge is -2.36. The molecular weight excluding hydrogens is 476 g/mol. The van der Waals surface area contributed by atoms with E-state index in [0.29, 0.717) is 23.9 Å². The van der Waals surface area contributed by atoms with E-state index < -0.39 is 10.2 Å². The second kappa shape index (κ2) is 8.98. The van der Waals surface area contributed by atoms with Gasteiger partial charge in [0, 0.05) is 35.8 Å². The van der Waals surface area contributed by atoms with Crippen LogP contribution < -0.4 is 4.74 Å². The molecule has 2 aliphatic heterocycles. The highest BCUT2D eigenvalue weighted by atomic mass is 35.5. The molecule has 8 nitrogen and oxygen atoms in total. The molecule has 0 radical (unpaired) electrons. The van der Waals surface area contributed by atoms with Crippen LogP contribution in [0.2, 0.25) is 5.02 Å². The molecule has 2 aliphatic rings. The SMILES string of the molecule is COc1ccccc1-n1nc2c(c1-c1ccc(Cl)cc1)CN(S(=O)(=O)N1C[C@H](C)O[C@@H](C)C1)C2. The molecule has 2 atom stereocenters. The summed E-state index contributed by atoms with van der Waals surface area (Å²) in [5.74, 6) is 0.680. The molecule has 34 heavy (non-hydrogen) atoms. The van der Waals surface area contributed by atoms with Crippen LogP contribution in [0.5, 0.6) is 5.75 Å². The minimum Gasteiger partial charge on any atom is -0.494 e. The first kappa shape index (κ1) is 23.3. The van der Waals surface area contributed by atoms with Gasteiger partial charge in [-0.2, -0.15) is 22.1 Å². The van der Waals surface area contributed by atoms with Crippen LogP contribution in [0.1, 0.15) is 25.1 Å². The number of morpholine rings is 1. The van der Waals surface area contributed by atoms with Gasteiger partial charge >= 0.3 is 0 Å². The maximum atomic E-state index is 13.5. The molecule has 0 N–H and O–H groups in total. The average Bonchev–Trinajstić information content (AvgIpc) is 3.38. The molecule has 5 rings (SSSR count). The summed E-state index contributed by atoms with van der Waals surface area (Å²) >= 11 is 6.14. The molecule has 2 aromatic carbocycles. The number of methoxy groups -OCH3 is 1. The fraction of sp³-hybridized carbons (Fsp3) is 0.375. The van der Waals surface area contributed by atoms with Crippen LogP contribution in [0.25, 0.3) is 16.9 Å². The summed E-state index contributed by atoms with van der Waals surface area (Å²) in [6, 6.07) is 15.1. The molecule has 3 heterocycles. The summed E-state index contributed by atoms with van der Waals surface area (Å²) in [5.41, 5.74) is 4.13. The van der Waals surface area contributed by atoms with Crippen molar-refractivity contribution in [2.45, 2.75) is 39.1 Å². The second-order valence-corrected chi connectivity index (χ2v) is 11.1. The number of halogens is 1. The van der Waals surface area contributed by atoms with Crippen molar-refractivity contribution in [3.05, 3.63) is 64.8 Å². The first-order valence-electron chi connectivity index (χ1n) is 11.2. The highest BCUT2D eigenvalue weighted by molar-refractivity contribution is 7.86. The number of ether oxygens (including phenoxy) is 2. The van der Waals surface area contributed by atoms with Gasteiger partial charge in [-0.3, -0.25) is 0 Å². The molecular formula is C24H27ClN4O4S. The molecule has 0 saturated carbocycles. The highest BCUT2D eigenvalue weighted by Gasteiger charge is 2.40. The minimum atomic E-state index is -3.67. The molecule has 0 amide bonds. The number of hydrogen-bond donors (Lipinski definition) is 0. The number of benzene rings is 2. The number of nitrogens with zero attached hydrogens (tertiary/aromatic N) is 4. The van der Waals surface area contributed by atoms with Crippen molar-refractivity contribution in [2.24, 2.45) is 0 Å². The van der Waals surface area contributed by atoms with Crippen molar-refractivity contribution in [3.8, 4) is 22.7 Å². The minimum absolute atomic E-state index is 0.150. The zero-order chi connectivity index (χ0) is 24.0. The second-order valence-electron chi connectivity index (χ2n) is 8.71. The van der Waals surface area contributed by atoms with Crippen molar-refractivity contribution in [2.75, 3.05) is 20.2 Å². The van der Waals surface area contributed by atoms with Crippen LogP contribution >= 0.6 is 11.6 Å². The Balaban J connectivity index is 1.56. The summed E-state index contributed by atoms with van der Waals surface area (Å²) in [5, 5.41) is 5.49. The predicted molar refractivity (Wildman–Crippen MR) is 130 cm³/mol. The summed E-state index contributed by atoms with van der Waals surface area (Å²) in [6.45, 7) is 4.92. The summed E-state index contributed by atoms with van der Waals surface area (Å²) in [6.07, 6.45) is -0.300. The van der Waals surface area contributed by atoms with Crippen LogP contribution in [0.4, 0.5) is 0 Å². The lowest BCUT2D eigenvalue weighted by atomic mass is 10.1. The molecule has 0 aliphatic carbocycles. The van der Waals surface area contributed by atoms with Gasteiger partial charge < -0.3 is 9.47 Å². The van der Waals surface area contributed by atoms with E-state index in [4.69, 9.17) is 26.2 Å². The van der Waals surface area contributed by atoms with Crippen molar-refractivity contribution in [3.63, 3.8) is 0 Å². The molecule has 0 spiro atoms. The van der Waals surface area contributed by atoms with Crippen molar-refractivity contribution < 1.29 is 17.9 Å². The van der Waals surface area contributed by atoms with Gasteiger partial charge in [-0.05, 0) is 38.1 Å². The number of hydrogen-bond acceptors (Lipinski definition) is 5. The Morgan fingerprint density at radius 2 is 1.68 bits per heavy atom. The molecule has 1 saturated heterocycles. The molecule has 3 aromatic rings. The van der Waals surface area contributed by atoms with Gasteiger partial charge in [0.1, 0.15) is 11.4 Å². The third-order valence-electron chi connectivity index (χ3n) is 6.20. The Morgan fingerprint density at radius 3 is 2.35 bits per heavy atom. The number of aromatic nitrogens is 2. The molecule has 0 unspecified atom stereocenters. The van der Waals surface area contributed by atoms with E-state index in [1.807, 2.05) is 67.1 Å². The third kappa shape index (κ3) is 4.12. The maximum Gasteiger partial charge on any atom is 0.282 e. The predicted octanol–water partition coefficient (Wildman–Crippen LogP) is 3.87. The van der Waals surface area contributed by atoms with Gasteiger partial charge in [0.25, 0.3) is 10.2 Å². The van der Waals surface area contributed by atoms with Crippen molar-refractivity contribution in [1.29, 1.82) is 0 Å². The van der Waals surface area contributed by atoms with Gasteiger partial charge in [-0.1, -0.05) is 35.9 Å². The average molecular weight is 503 g/mol. The lowest BCUT2D eigenvalue weighted by molar-refractivity contribution is -0.0455. The fourth-order valence-corrected chi connectivity index (χ4v) is 6.54. The van der Waals surface area contributed by atoms with Crippen molar-refractivity contribution in [1.82, 2.24) is 18.4 Å². The molecule has 0 bridgehead atoms. The molecule has 1 fully saturated rings. The first-order valence-corrected chi connectivity index (χ1v) is 13.0. The molecule has 180 valence electrons. The first-order chi connectivity index (χ1) is 16.3. The monoisotopic (exact) mass is 502 g/mol. The lowest BCUT2D eigenvalue weighted by Crippen LogP contribution is -2.52. The smallest absolute Gasteiger partial charge is 0.282 e. The molecule has 1 aromatic heterocycles. The zero-order valence-electron chi connectivity index (χ0n) is 19.3. The van der Waals surface area contributed by atoms with E-state index in [2.05, 4.69) is 0 Å². The summed E-state index contributed by atoms with van der Waals surface area (Å²) < 4.78 is 43.2. The Labute approximate surface area is 204 Å². The van der Waals surface area contributed by atoms with E-state index >= 15 is 0 Å². The largest absolute Gasteiger partial charge is 0.494 e. The Morgan fingerprint density at radius 1 is 1.00 bits per heavy atom. The van der Waals surface area contributed by atoms with Gasteiger partial charge in [0.05, 0.1) is 37.3 Å². The van der Waals surface area contributed by atoms with Crippen LogP contribution in [-0.2, 0) is 28.0 Å². The van der Waals surface area contributed by atoms with E-state index in [9.17, 15) is 8.42 Å². The Kier molecular flexibility index (Phi) is 6.16. The van der Waals surface area contributed by atoms with Gasteiger partial charge in [-0.25, -0.2) is 4.68 Å². The van der Waals surface area contributed by atoms with E-state index in [-0.39, 0.29) is 25.3 Å². The van der Waals surface area contributed by atoms with Crippen LogP contribution in [0.3, 0.4) is 0 Å². The van der Waals surface area contributed by atoms with E-state index in [1.54, 1.807) is 7.11 Å². The summed E-state index contributed by atoms with van der Waals surface area (Å²) in [4.78, 5) is 0. The third-order valence-corrected chi connectivity index (χ3v) is 8.31. The standard InChI is InChI=1S/C24H27ClN4O4S/c1-16-12-27(13-17(2)33-16)34(30,31)28-14-20-21(15-28)26-29(22-6-4-5-7-23(22)32-3)24(20)18-8-10-19(25)11-9-18/h4-11,16-17H,12-15H2,1-3H3/t16-,17-/m0/s1. The van der Waals surface area contributed by atoms with Crippen LogP contribution in [-0.4, -0.2) is 59.2 Å². The van der Waals surface area contributed by atoms with Crippen LogP contribution in [0.15, 0.2) is 48.5 Å². The fourth-order valence-electron chi connectivity index (χ4n) is 4.72. The Bertz CT molecular complexity index is 1300. The van der Waals surface area contributed by atoms with Crippen molar-refractivity contribution >= 4 is 21.8 Å². The number of fused-ring (bicyclic) bond motifs is 1. The summed E-state index contributed by atoms with van der Waals surface area (Å²) in [7, 11) is -2.05. The van der Waals surface area contributed by atoms with E-state index in [0.717, 1.165) is 28.2 Å². The van der Waals surface area contributed by atoms with Crippen LogP contribution in [0, 0.1) is 0 Å². The number of para-hydroxylation sites is 2. The maximum absolute atomic E-state index is 13.5. The van der Waals surface area contributed by atoms with Gasteiger partial charge in [0.2, 0.25) is 0 Å². The zero-order valence-corrected chi connectivity index (χ0v) is 20.9. The van der Waals surface area contributed by atoms with Gasteiger partial charge in [-0.15, -0.1) is 0 Å². The van der Waals surface area contributed by atoms with Gasteiger partial charge in [0.15, 0.2) is 0 Å². The topological polar surface area (TPSA) is 76.9 Å². The normalized spacial score (nSPS) is 21.5. The quantitative estimate of drug-likeness (QED) is 0.529. The number of rotatable bonds is 5. The highest BCUT2D eigenvalue weighted by Crippen LogP contribution is 2.38. The molecule has 10 heteroatoms. The van der Waals surface area contributed by atoms with E-state index in [1.165, 1.54) is 8.61 Å². The Hall–Kier alpha value is -2.43.